The number of anilines is 1. The number of hydrogen-bond donors (Lipinski definition) is 1. The van der Waals surface area contributed by atoms with Crippen molar-refractivity contribution in [1.82, 2.24) is 0 Å². The molecule has 0 unspecified atom stereocenters. The summed E-state index contributed by atoms with van der Waals surface area (Å²) >= 11 is 10.8. The van der Waals surface area contributed by atoms with Gasteiger partial charge in [-0.1, -0.05) is 16.8 Å². The number of methoxy groups -OCH3 is 1. The second-order valence-electron chi connectivity index (χ2n) is 3.17. The van der Waals surface area contributed by atoms with E-state index in [1.54, 1.807) is 0 Å². The fraction of sp³-hybridized carbons (Fsp3) is 0.182. The summed E-state index contributed by atoms with van der Waals surface area (Å²) in [6, 6.07) is 6.02. The van der Waals surface area contributed by atoms with Gasteiger partial charge in [-0.05, 0) is 24.3 Å². The Morgan fingerprint density at radius 1 is 1.32 bits per heavy atom. The number of benzene rings is 1. The van der Waals surface area contributed by atoms with Crippen LogP contribution in [0.2, 0.25) is 0 Å². The number of esters is 1. The van der Waals surface area contributed by atoms with Crippen molar-refractivity contribution >= 4 is 46.1 Å². The zero-order chi connectivity index (χ0) is 14.3. The lowest BCUT2D eigenvalue weighted by molar-refractivity contribution is 0.0600. The molecule has 0 atom stereocenters. The summed E-state index contributed by atoms with van der Waals surface area (Å²) in [4.78, 5) is 26.9. The van der Waals surface area contributed by atoms with Gasteiger partial charge in [0.25, 0.3) is 0 Å². The molecule has 0 spiro atoms. The lowest BCUT2D eigenvalue weighted by atomic mass is 10.2. The molecule has 0 aromatic heterocycles. The number of carbonyl (C=O) groups excluding carboxylic acids is 2. The van der Waals surface area contributed by atoms with E-state index in [0.29, 0.717) is 11.3 Å². The molecule has 8 heteroatoms. The van der Waals surface area contributed by atoms with Crippen LogP contribution in [0.5, 0.6) is 0 Å². The van der Waals surface area contributed by atoms with Gasteiger partial charge in [0.2, 0.25) is 0 Å². The molecule has 0 heterocycles. The van der Waals surface area contributed by atoms with E-state index in [1.165, 1.54) is 31.4 Å². The largest absolute Gasteiger partial charge is 0.465 e. The minimum Gasteiger partial charge on any atom is -0.465 e. The van der Waals surface area contributed by atoms with Crippen molar-refractivity contribution in [2.45, 2.75) is 0 Å². The number of oxime groups is 1. The van der Waals surface area contributed by atoms with E-state index in [0.717, 1.165) is 0 Å². The number of nitrogens with one attached hydrogen (secondary N) is 1. The molecule has 0 aliphatic heterocycles. The lowest BCUT2D eigenvalue weighted by Gasteiger charge is -2.04. The average molecular weight is 305 g/mol. The molecule has 6 nitrogen and oxygen atoms in total. The highest BCUT2D eigenvalue weighted by atomic mass is 35.5. The summed E-state index contributed by atoms with van der Waals surface area (Å²) in [5.74, 6) is -0.518. The molecule has 102 valence electrons. The van der Waals surface area contributed by atoms with Crippen LogP contribution in [0.1, 0.15) is 10.4 Å². The van der Waals surface area contributed by atoms with Gasteiger partial charge in [0.05, 0.1) is 18.6 Å². The molecule has 1 rings (SSSR count). The number of hydrogen-bond acceptors (Lipinski definition) is 5. The summed E-state index contributed by atoms with van der Waals surface area (Å²) in [6.45, 7) is 0. The van der Waals surface area contributed by atoms with Gasteiger partial charge < -0.3 is 4.74 Å². The van der Waals surface area contributed by atoms with Gasteiger partial charge in [0.1, 0.15) is 0 Å². The van der Waals surface area contributed by atoms with Crippen LogP contribution in [0.3, 0.4) is 0 Å². The fourth-order valence-electron chi connectivity index (χ4n) is 1.06. The number of ether oxygens (including phenoxy) is 1. The molecule has 0 fully saturated rings. The molecule has 1 aromatic carbocycles. The third kappa shape index (κ3) is 5.15. The van der Waals surface area contributed by atoms with Gasteiger partial charge in [-0.25, -0.2) is 9.59 Å². The van der Waals surface area contributed by atoms with Crippen molar-refractivity contribution in [2.75, 3.05) is 18.3 Å². The van der Waals surface area contributed by atoms with Gasteiger partial charge in [0, 0.05) is 5.69 Å². The van der Waals surface area contributed by atoms with Crippen LogP contribution in [0.25, 0.3) is 0 Å². The molecule has 0 aliphatic rings. The molecule has 19 heavy (non-hydrogen) atoms. The first-order chi connectivity index (χ1) is 9.06. The summed E-state index contributed by atoms with van der Waals surface area (Å²) in [7, 11) is 1.28. The zero-order valence-corrected chi connectivity index (χ0v) is 11.4. The number of halogens is 2. The van der Waals surface area contributed by atoms with Gasteiger partial charge in [-0.15, -0.1) is 11.6 Å². The van der Waals surface area contributed by atoms with E-state index in [4.69, 9.17) is 23.2 Å². The van der Waals surface area contributed by atoms with Gasteiger partial charge in [-0.3, -0.25) is 10.2 Å². The Morgan fingerprint density at radius 2 is 1.95 bits per heavy atom. The third-order valence-electron chi connectivity index (χ3n) is 1.89. The van der Waals surface area contributed by atoms with Crippen LogP contribution < -0.4 is 5.32 Å². The van der Waals surface area contributed by atoms with Gasteiger partial charge >= 0.3 is 12.1 Å². The maximum Gasteiger partial charge on any atom is 0.437 e. The maximum absolute atomic E-state index is 11.3. The number of rotatable bonds is 4. The Morgan fingerprint density at radius 3 is 2.47 bits per heavy atom. The molecule has 0 saturated heterocycles. The van der Waals surface area contributed by atoms with Crippen LogP contribution in [-0.2, 0) is 9.57 Å². The van der Waals surface area contributed by atoms with E-state index in [9.17, 15) is 9.59 Å². The number of nitrogens with zero attached hydrogens (tertiary/aromatic N) is 1. The number of carbonyl (C=O) groups is 2. The van der Waals surface area contributed by atoms with E-state index in [-0.39, 0.29) is 11.1 Å². The number of alkyl halides is 1. The number of amides is 1. The molecular formula is C11H10Cl2N2O4. The smallest absolute Gasteiger partial charge is 0.437 e. The molecule has 0 radical (unpaired) electrons. The van der Waals surface area contributed by atoms with E-state index >= 15 is 0 Å². The first-order valence-corrected chi connectivity index (χ1v) is 5.92. The normalized spacial score (nSPS) is 10.8. The molecule has 0 saturated carbocycles. The predicted molar refractivity (Wildman–Crippen MR) is 71.9 cm³/mol. The third-order valence-corrected chi connectivity index (χ3v) is 2.48. The first kappa shape index (κ1) is 15.3. The van der Waals surface area contributed by atoms with Crippen molar-refractivity contribution in [1.29, 1.82) is 0 Å². The SMILES string of the molecule is COC(=O)c1ccc(NC(=O)ON=C(Cl)CCl)cc1. The molecule has 0 aliphatic carbocycles. The molecule has 0 bridgehead atoms. The summed E-state index contributed by atoms with van der Waals surface area (Å²) in [5, 5.41) is 5.60. The van der Waals surface area contributed by atoms with Crippen LogP contribution in [0.4, 0.5) is 10.5 Å². The Kier molecular flexibility index (Phi) is 6.11. The zero-order valence-electron chi connectivity index (χ0n) is 9.85. The molecule has 1 amide bonds. The Balaban J connectivity index is 2.58. The van der Waals surface area contributed by atoms with E-state index in [1.807, 2.05) is 0 Å². The Labute approximate surface area is 119 Å². The lowest BCUT2D eigenvalue weighted by Crippen LogP contribution is -2.12. The fourth-order valence-corrected chi connectivity index (χ4v) is 1.15. The maximum atomic E-state index is 11.3. The quantitative estimate of drug-likeness (QED) is 0.305. The van der Waals surface area contributed by atoms with E-state index < -0.39 is 12.1 Å². The van der Waals surface area contributed by atoms with Crippen LogP contribution in [0.15, 0.2) is 29.4 Å². The predicted octanol–water partition coefficient (Wildman–Crippen LogP) is 2.81. The monoisotopic (exact) mass is 304 g/mol. The van der Waals surface area contributed by atoms with Gasteiger partial charge in [-0.2, -0.15) is 0 Å². The summed E-state index contributed by atoms with van der Waals surface area (Å²) in [6.07, 6.45) is -0.825. The van der Waals surface area contributed by atoms with Crippen molar-refractivity contribution in [3.05, 3.63) is 29.8 Å². The van der Waals surface area contributed by atoms with Gasteiger partial charge in [0.15, 0.2) is 5.17 Å². The van der Waals surface area contributed by atoms with Crippen molar-refractivity contribution in [3.8, 4) is 0 Å². The molecular weight excluding hydrogens is 295 g/mol. The van der Waals surface area contributed by atoms with E-state index in [2.05, 4.69) is 20.0 Å². The Hall–Kier alpha value is -1.79. The molecule has 1 aromatic rings. The van der Waals surface area contributed by atoms with Crippen LogP contribution in [0, 0.1) is 0 Å². The standard InChI is InChI=1S/C11H10Cl2N2O4/c1-18-10(16)7-2-4-8(5-3-7)14-11(17)19-15-9(13)6-12/h2-5H,6H2,1H3,(H,14,17). The average Bonchev–Trinajstić information content (AvgIpc) is 2.44. The first-order valence-electron chi connectivity index (χ1n) is 5.01. The van der Waals surface area contributed by atoms with Crippen molar-refractivity contribution in [3.63, 3.8) is 0 Å². The van der Waals surface area contributed by atoms with Crippen LogP contribution in [-0.4, -0.2) is 30.2 Å². The highest BCUT2D eigenvalue weighted by Gasteiger charge is 2.07. The highest BCUT2D eigenvalue weighted by molar-refractivity contribution is 6.69. The second-order valence-corrected chi connectivity index (χ2v) is 3.88. The molecule has 1 N–H and O–H groups in total. The van der Waals surface area contributed by atoms with Crippen LogP contribution >= 0.6 is 23.2 Å². The minimum absolute atomic E-state index is 0.0437. The van der Waals surface area contributed by atoms with Crippen molar-refractivity contribution in [2.24, 2.45) is 5.16 Å². The topological polar surface area (TPSA) is 77.0 Å². The second kappa shape index (κ2) is 7.60. The minimum atomic E-state index is -0.825. The van der Waals surface area contributed by atoms with Crippen molar-refractivity contribution < 1.29 is 19.2 Å². The summed E-state index contributed by atoms with van der Waals surface area (Å²) in [5.41, 5.74) is 0.791. The highest BCUT2D eigenvalue weighted by Crippen LogP contribution is 2.10. The summed E-state index contributed by atoms with van der Waals surface area (Å²) < 4.78 is 4.54. The Bertz CT molecular complexity index is 488.